The van der Waals surface area contributed by atoms with E-state index in [2.05, 4.69) is 10.4 Å². The first-order valence-corrected chi connectivity index (χ1v) is 6.02. The lowest BCUT2D eigenvalue weighted by Crippen LogP contribution is -2.01. The van der Waals surface area contributed by atoms with Crippen LogP contribution >= 0.6 is 11.6 Å². The number of nitrogens with one attached hydrogen (secondary N) is 1. The van der Waals surface area contributed by atoms with Gasteiger partial charge >= 0.3 is 0 Å². The lowest BCUT2D eigenvalue weighted by Gasteiger charge is -2.07. The second-order valence-electron chi connectivity index (χ2n) is 4.14. The fraction of sp³-hybridized carbons (Fsp3) is 0.231. The van der Waals surface area contributed by atoms with Gasteiger partial charge in [0.15, 0.2) is 0 Å². The highest BCUT2D eigenvalue weighted by Crippen LogP contribution is 2.21. The smallest absolute Gasteiger partial charge is 0.141 e. The summed E-state index contributed by atoms with van der Waals surface area (Å²) in [6.07, 6.45) is 0. The van der Waals surface area contributed by atoms with Gasteiger partial charge in [-0.05, 0) is 25.1 Å². The molecule has 0 aliphatic heterocycles. The van der Waals surface area contributed by atoms with Crippen molar-refractivity contribution in [2.45, 2.75) is 13.5 Å². The first-order valence-electron chi connectivity index (χ1n) is 5.64. The van der Waals surface area contributed by atoms with Gasteiger partial charge in [-0.25, -0.2) is 4.39 Å². The fourth-order valence-corrected chi connectivity index (χ4v) is 2.03. The molecular formula is C13H12ClFN4. The van der Waals surface area contributed by atoms with Crippen molar-refractivity contribution in [3.63, 3.8) is 0 Å². The summed E-state index contributed by atoms with van der Waals surface area (Å²) in [6, 6.07) is 6.11. The lowest BCUT2D eigenvalue weighted by molar-refractivity contribution is 0.624. The van der Waals surface area contributed by atoms with E-state index < -0.39 is 5.82 Å². The van der Waals surface area contributed by atoms with Crippen LogP contribution in [-0.4, -0.2) is 9.78 Å². The summed E-state index contributed by atoms with van der Waals surface area (Å²) in [5.74, 6) is -0.524. The molecule has 0 unspecified atom stereocenters. The van der Waals surface area contributed by atoms with E-state index in [0.717, 1.165) is 11.3 Å². The van der Waals surface area contributed by atoms with Crippen molar-refractivity contribution in [2.24, 2.45) is 7.05 Å². The van der Waals surface area contributed by atoms with Crippen LogP contribution in [0, 0.1) is 24.1 Å². The first-order chi connectivity index (χ1) is 9.02. The highest BCUT2D eigenvalue weighted by atomic mass is 35.5. The third kappa shape index (κ3) is 2.69. The topological polar surface area (TPSA) is 53.6 Å². The van der Waals surface area contributed by atoms with E-state index in [1.807, 2.05) is 6.92 Å². The van der Waals surface area contributed by atoms with Crippen LogP contribution in [0.2, 0.25) is 5.15 Å². The van der Waals surface area contributed by atoms with E-state index in [4.69, 9.17) is 16.9 Å². The van der Waals surface area contributed by atoms with E-state index in [9.17, 15) is 4.39 Å². The number of benzene rings is 1. The number of anilines is 1. The highest BCUT2D eigenvalue weighted by molar-refractivity contribution is 6.30. The van der Waals surface area contributed by atoms with Gasteiger partial charge < -0.3 is 5.32 Å². The monoisotopic (exact) mass is 278 g/mol. The van der Waals surface area contributed by atoms with Crippen molar-refractivity contribution < 1.29 is 4.39 Å². The number of halogens is 2. The molecule has 0 amide bonds. The molecule has 0 saturated carbocycles. The van der Waals surface area contributed by atoms with Gasteiger partial charge in [0, 0.05) is 24.8 Å². The van der Waals surface area contributed by atoms with Crippen LogP contribution in [0.3, 0.4) is 0 Å². The first kappa shape index (κ1) is 13.4. The normalized spacial score (nSPS) is 10.3. The van der Waals surface area contributed by atoms with Crippen LogP contribution < -0.4 is 5.32 Å². The molecule has 0 bridgehead atoms. The van der Waals surface area contributed by atoms with E-state index in [0.29, 0.717) is 17.4 Å². The molecule has 0 spiro atoms. The molecule has 0 atom stereocenters. The van der Waals surface area contributed by atoms with Gasteiger partial charge in [-0.1, -0.05) is 11.6 Å². The molecule has 0 aliphatic rings. The molecule has 6 heteroatoms. The number of hydrogen-bond acceptors (Lipinski definition) is 3. The summed E-state index contributed by atoms with van der Waals surface area (Å²) in [5.41, 5.74) is 2.39. The molecule has 1 heterocycles. The predicted molar refractivity (Wildman–Crippen MR) is 71.4 cm³/mol. The van der Waals surface area contributed by atoms with Crippen LogP contribution in [0.5, 0.6) is 0 Å². The highest BCUT2D eigenvalue weighted by Gasteiger charge is 2.11. The molecule has 0 radical (unpaired) electrons. The van der Waals surface area contributed by atoms with Gasteiger partial charge in [0.2, 0.25) is 0 Å². The number of aryl methyl sites for hydroxylation is 2. The number of aromatic nitrogens is 2. The summed E-state index contributed by atoms with van der Waals surface area (Å²) in [4.78, 5) is 0. The Morgan fingerprint density at radius 3 is 2.84 bits per heavy atom. The Labute approximate surface area is 115 Å². The van der Waals surface area contributed by atoms with E-state index in [1.54, 1.807) is 23.9 Å². The molecule has 0 aliphatic carbocycles. The molecule has 1 aromatic heterocycles. The lowest BCUT2D eigenvalue weighted by atomic mass is 10.2. The van der Waals surface area contributed by atoms with E-state index >= 15 is 0 Å². The van der Waals surface area contributed by atoms with Crippen LogP contribution in [0.4, 0.5) is 10.1 Å². The molecule has 0 fully saturated rings. The molecule has 1 aromatic carbocycles. The molecule has 4 nitrogen and oxygen atoms in total. The van der Waals surface area contributed by atoms with Gasteiger partial charge in [0.25, 0.3) is 0 Å². The summed E-state index contributed by atoms with van der Waals surface area (Å²) in [7, 11) is 1.77. The molecule has 0 saturated heterocycles. The van der Waals surface area contributed by atoms with Crippen molar-refractivity contribution >= 4 is 17.3 Å². The summed E-state index contributed by atoms with van der Waals surface area (Å²) in [5, 5.41) is 16.6. The Hall–Kier alpha value is -2.06. The van der Waals surface area contributed by atoms with Crippen LogP contribution in [0.15, 0.2) is 18.2 Å². The van der Waals surface area contributed by atoms with Crippen molar-refractivity contribution in [3.05, 3.63) is 46.0 Å². The Bertz CT molecular complexity index is 657. The minimum Gasteiger partial charge on any atom is -0.381 e. The molecule has 98 valence electrons. The Balaban J connectivity index is 2.17. The van der Waals surface area contributed by atoms with E-state index in [-0.39, 0.29) is 5.56 Å². The van der Waals surface area contributed by atoms with Crippen LogP contribution in [0.1, 0.15) is 16.8 Å². The zero-order valence-electron chi connectivity index (χ0n) is 10.5. The van der Waals surface area contributed by atoms with Crippen LogP contribution in [0.25, 0.3) is 0 Å². The second kappa shape index (κ2) is 5.29. The largest absolute Gasteiger partial charge is 0.381 e. The summed E-state index contributed by atoms with van der Waals surface area (Å²) >= 11 is 6.11. The van der Waals surface area contributed by atoms with Gasteiger partial charge in [-0.2, -0.15) is 10.4 Å². The van der Waals surface area contributed by atoms with Gasteiger partial charge in [0.05, 0.1) is 11.3 Å². The summed E-state index contributed by atoms with van der Waals surface area (Å²) in [6.45, 7) is 2.34. The number of rotatable bonds is 3. The Kier molecular flexibility index (Phi) is 3.72. The summed E-state index contributed by atoms with van der Waals surface area (Å²) < 4.78 is 14.8. The standard InChI is InChI=1S/C13H12ClFN4/c1-8-11(13(14)19(2)18-8)7-17-10-3-4-12(15)9(5-10)6-16/h3-5,17H,7H2,1-2H3. The molecule has 19 heavy (non-hydrogen) atoms. The maximum atomic E-state index is 13.2. The Morgan fingerprint density at radius 2 is 2.26 bits per heavy atom. The number of nitrogens with zero attached hydrogens (tertiary/aromatic N) is 3. The van der Waals surface area contributed by atoms with Gasteiger partial charge in [-0.3, -0.25) is 4.68 Å². The third-order valence-corrected chi connectivity index (χ3v) is 3.30. The second-order valence-corrected chi connectivity index (χ2v) is 4.50. The Morgan fingerprint density at radius 1 is 1.53 bits per heavy atom. The van der Waals surface area contributed by atoms with Crippen molar-refractivity contribution in [2.75, 3.05) is 5.32 Å². The minimum atomic E-state index is -0.524. The van der Waals surface area contributed by atoms with Crippen LogP contribution in [-0.2, 0) is 13.6 Å². The molecular weight excluding hydrogens is 267 g/mol. The van der Waals surface area contributed by atoms with Crippen molar-refractivity contribution in [1.29, 1.82) is 5.26 Å². The van der Waals surface area contributed by atoms with Gasteiger partial charge in [-0.15, -0.1) is 0 Å². The average molecular weight is 279 g/mol. The maximum absolute atomic E-state index is 13.2. The predicted octanol–water partition coefficient (Wildman–Crippen LogP) is 3.00. The number of hydrogen-bond donors (Lipinski definition) is 1. The molecule has 1 N–H and O–H groups in total. The van der Waals surface area contributed by atoms with Gasteiger partial charge in [0.1, 0.15) is 17.0 Å². The zero-order valence-corrected chi connectivity index (χ0v) is 11.3. The number of nitriles is 1. The maximum Gasteiger partial charge on any atom is 0.141 e. The SMILES string of the molecule is Cc1nn(C)c(Cl)c1CNc1ccc(F)c(C#N)c1. The minimum absolute atomic E-state index is 0.0130. The zero-order chi connectivity index (χ0) is 14.0. The quantitative estimate of drug-likeness (QED) is 0.939. The molecule has 2 rings (SSSR count). The molecule has 2 aromatic rings. The van der Waals surface area contributed by atoms with Crippen molar-refractivity contribution in [1.82, 2.24) is 9.78 Å². The third-order valence-electron chi connectivity index (χ3n) is 2.83. The van der Waals surface area contributed by atoms with Crippen molar-refractivity contribution in [3.8, 4) is 6.07 Å². The average Bonchev–Trinajstić information content (AvgIpc) is 2.63. The van der Waals surface area contributed by atoms with E-state index in [1.165, 1.54) is 12.1 Å². The fourth-order valence-electron chi connectivity index (χ4n) is 1.79.